The van der Waals surface area contributed by atoms with Crippen LogP contribution in [-0.4, -0.2) is 81.7 Å². The summed E-state index contributed by atoms with van der Waals surface area (Å²) in [7, 11) is -0.577. The molecule has 9 nitrogen and oxygen atoms in total. The number of carbonyl (C=O) groups excluding carboxylic acids is 1. The second-order valence-corrected chi connectivity index (χ2v) is 12.0. The van der Waals surface area contributed by atoms with E-state index < -0.39 is 15.6 Å². The second-order valence-electron chi connectivity index (χ2n) is 10.2. The molecule has 2 aromatic carbocycles. The molecule has 10 heteroatoms. The first kappa shape index (κ1) is 28.4. The van der Waals surface area contributed by atoms with Crippen LogP contribution in [0.3, 0.4) is 0 Å². The molecule has 1 amide bonds. The number of hydrogen-bond acceptors (Lipinski definition) is 7. The van der Waals surface area contributed by atoms with E-state index in [1.165, 1.54) is 4.31 Å². The van der Waals surface area contributed by atoms with Crippen LogP contribution in [0, 0.1) is 13.8 Å². The number of benzene rings is 2. The summed E-state index contributed by atoms with van der Waals surface area (Å²) in [6, 6.07) is 10.5. The molecule has 2 fully saturated rings. The number of aryl methyl sites for hydroxylation is 2. The molecule has 1 atom stereocenters. The van der Waals surface area contributed by atoms with Gasteiger partial charge in [-0.1, -0.05) is 12.1 Å². The number of hydrogen-bond donors (Lipinski definition) is 1. The Hall–Kier alpha value is -2.66. The van der Waals surface area contributed by atoms with Crippen molar-refractivity contribution in [3.05, 3.63) is 53.1 Å². The SMILES string of the molecule is COc1cccc(C2(O)CCN(C(=O)COC[C@@H]3CCCN3S(=O)(=O)c3c(C)cc(OC)cc3C)CC2)c1. The minimum absolute atomic E-state index is 0.122. The maximum absolute atomic E-state index is 13.6. The molecule has 1 N–H and O–H groups in total. The molecule has 0 unspecified atom stereocenters. The Morgan fingerprint density at radius 3 is 2.32 bits per heavy atom. The van der Waals surface area contributed by atoms with Crippen LogP contribution in [0.15, 0.2) is 41.3 Å². The molecule has 2 heterocycles. The van der Waals surface area contributed by atoms with Crippen LogP contribution in [-0.2, 0) is 25.2 Å². The molecule has 38 heavy (non-hydrogen) atoms. The molecular formula is C28H38N2O7S. The molecule has 2 aliphatic heterocycles. The third-order valence-electron chi connectivity index (χ3n) is 7.65. The average Bonchev–Trinajstić information content (AvgIpc) is 3.38. The van der Waals surface area contributed by atoms with Gasteiger partial charge in [0, 0.05) is 25.7 Å². The van der Waals surface area contributed by atoms with Crippen molar-refractivity contribution in [2.45, 2.75) is 56.1 Å². The van der Waals surface area contributed by atoms with Crippen molar-refractivity contribution in [2.75, 3.05) is 47.1 Å². The molecule has 0 saturated carbocycles. The molecule has 2 aliphatic rings. The van der Waals surface area contributed by atoms with E-state index >= 15 is 0 Å². The third kappa shape index (κ3) is 5.83. The Bertz CT molecular complexity index is 1230. The lowest BCUT2D eigenvalue weighted by molar-refractivity contribution is -0.141. The van der Waals surface area contributed by atoms with E-state index in [2.05, 4.69) is 0 Å². The number of sulfonamides is 1. The summed E-state index contributed by atoms with van der Waals surface area (Å²) >= 11 is 0. The predicted molar refractivity (Wildman–Crippen MR) is 143 cm³/mol. The first-order valence-corrected chi connectivity index (χ1v) is 14.4. The maximum atomic E-state index is 13.6. The maximum Gasteiger partial charge on any atom is 0.248 e. The number of nitrogens with zero attached hydrogens (tertiary/aromatic N) is 2. The van der Waals surface area contributed by atoms with Crippen LogP contribution >= 0.6 is 0 Å². The predicted octanol–water partition coefficient (Wildman–Crippen LogP) is 3.00. The van der Waals surface area contributed by atoms with Crippen molar-refractivity contribution in [1.29, 1.82) is 0 Å². The Kier molecular flexibility index (Phi) is 8.66. The van der Waals surface area contributed by atoms with Gasteiger partial charge >= 0.3 is 0 Å². The lowest BCUT2D eigenvalue weighted by Gasteiger charge is -2.38. The largest absolute Gasteiger partial charge is 0.497 e. The van der Waals surface area contributed by atoms with E-state index in [1.807, 2.05) is 24.3 Å². The summed E-state index contributed by atoms with van der Waals surface area (Å²) in [5.74, 6) is 1.15. The van der Waals surface area contributed by atoms with Gasteiger partial charge < -0.3 is 24.2 Å². The molecular weight excluding hydrogens is 508 g/mol. The van der Waals surface area contributed by atoms with Crippen LogP contribution in [0.25, 0.3) is 0 Å². The molecule has 0 spiro atoms. The summed E-state index contributed by atoms with van der Waals surface area (Å²) in [4.78, 5) is 14.8. The van der Waals surface area contributed by atoms with Gasteiger partial charge in [-0.25, -0.2) is 8.42 Å². The fraction of sp³-hybridized carbons (Fsp3) is 0.536. The Labute approximate surface area is 225 Å². The zero-order valence-electron chi connectivity index (χ0n) is 22.6. The van der Waals surface area contributed by atoms with Crippen molar-refractivity contribution in [3.63, 3.8) is 0 Å². The molecule has 0 aliphatic carbocycles. The van der Waals surface area contributed by atoms with Crippen molar-refractivity contribution in [3.8, 4) is 11.5 Å². The van der Waals surface area contributed by atoms with E-state index in [1.54, 1.807) is 45.1 Å². The van der Waals surface area contributed by atoms with Crippen LogP contribution < -0.4 is 9.47 Å². The molecule has 0 aromatic heterocycles. The van der Waals surface area contributed by atoms with Crippen LogP contribution in [0.2, 0.25) is 0 Å². The minimum Gasteiger partial charge on any atom is -0.497 e. The highest BCUT2D eigenvalue weighted by Gasteiger charge is 2.38. The van der Waals surface area contributed by atoms with Crippen LogP contribution in [0.1, 0.15) is 42.4 Å². The summed E-state index contributed by atoms with van der Waals surface area (Å²) in [6.07, 6.45) is 2.26. The molecule has 2 saturated heterocycles. The van der Waals surface area contributed by atoms with Gasteiger partial charge in [-0.2, -0.15) is 4.31 Å². The summed E-state index contributed by atoms with van der Waals surface area (Å²) in [5, 5.41) is 11.2. The summed E-state index contributed by atoms with van der Waals surface area (Å²) < 4.78 is 45.0. The van der Waals surface area contributed by atoms with E-state index in [0.29, 0.717) is 66.4 Å². The normalized spacial score (nSPS) is 19.9. The molecule has 4 rings (SSSR count). The first-order valence-electron chi connectivity index (χ1n) is 13.0. The fourth-order valence-corrected chi connectivity index (χ4v) is 7.64. The zero-order chi connectivity index (χ0) is 27.5. The lowest BCUT2D eigenvalue weighted by atomic mass is 9.84. The number of piperidine rings is 1. The summed E-state index contributed by atoms with van der Waals surface area (Å²) in [6.45, 7) is 4.83. The highest BCUT2D eigenvalue weighted by Crippen LogP contribution is 2.35. The van der Waals surface area contributed by atoms with Crippen molar-refractivity contribution >= 4 is 15.9 Å². The van der Waals surface area contributed by atoms with Gasteiger partial charge in [0.2, 0.25) is 15.9 Å². The van der Waals surface area contributed by atoms with Gasteiger partial charge in [-0.15, -0.1) is 0 Å². The average molecular weight is 547 g/mol. The van der Waals surface area contributed by atoms with Crippen molar-refractivity contribution in [2.24, 2.45) is 0 Å². The van der Waals surface area contributed by atoms with Gasteiger partial charge in [0.25, 0.3) is 0 Å². The lowest BCUT2D eigenvalue weighted by Crippen LogP contribution is -2.46. The van der Waals surface area contributed by atoms with Crippen LogP contribution in [0.4, 0.5) is 0 Å². The third-order valence-corrected chi connectivity index (χ3v) is 9.90. The smallest absolute Gasteiger partial charge is 0.248 e. The Morgan fingerprint density at radius 2 is 1.68 bits per heavy atom. The highest BCUT2D eigenvalue weighted by atomic mass is 32.2. The Morgan fingerprint density at radius 1 is 1.03 bits per heavy atom. The van der Waals surface area contributed by atoms with Crippen LogP contribution in [0.5, 0.6) is 11.5 Å². The molecule has 208 valence electrons. The monoisotopic (exact) mass is 546 g/mol. The first-order chi connectivity index (χ1) is 18.1. The highest BCUT2D eigenvalue weighted by molar-refractivity contribution is 7.89. The van der Waals surface area contributed by atoms with Crippen molar-refractivity contribution < 1.29 is 32.5 Å². The second kappa shape index (κ2) is 11.6. The number of ether oxygens (including phenoxy) is 3. The number of aliphatic hydroxyl groups is 1. The molecule has 2 aromatic rings. The van der Waals surface area contributed by atoms with Gasteiger partial charge in [0.15, 0.2) is 0 Å². The fourth-order valence-electron chi connectivity index (χ4n) is 5.55. The number of methoxy groups -OCH3 is 2. The standard InChI is InChI=1S/C28H38N2O7S/c1-20-15-25(36-4)16-21(2)27(20)38(33,34)30-12-6-8-23(30)18-37-19-26(31)29-13-10-28(32,11-14-29)22-7-5-9-24(17-22)35-3/h5,7,9,15-17,23,32H,6,8,10-14,18-19H2,1-4H3/t23-/m0/s1. The quantitative estimate of drug-likeness (QED) is 0.516. The van der Waals surface area contributed by atoms with E-state index in [-0.39, 0.29) is 25.2 Å². The van der Waals surface area contributed by atoms with Crippen molar-refractivity contribution in [1.82, 2.24) is 9.21 Å². The van der Waals surface area contributed by atoms with E-state index in [9.17, 15) is 18.3 Å². The van der Waals surface area contributed by atoms with Gasteiger partial charge in [0.1, 0.15) is 18.1 Å². The minimum atomic E-state index is -3.72. The van der Waals surface area contributed by atoms with E-state index in [0.717, 1.165) is 12.0 Å². The number of amides is 1. The Balaban J connectivity index is 1.32. The number of likely N-dealkylation sites (tertiary alicyclic amines) is 1. The molecule has 0 radical (unpaired) electrons. The summed E-state index contributed by atoms with van der Waals surface area (Å²) in [5.41, 5.74) is 1.05. The number of rotatable bonds is 9. The zero-order valence-corrected chi connectivity index (χ0v) is 23.4. The van der Waals surface area contributed by atoms with E-state index in [4.69, 9.17) is 14.2 Å². The topological polar surface area (TPSA) is 106 Å². The molecule has 0 bridgehead atoms. The van der Waals surface area contributed by atoms with Gasteiger partial charge in [-0.05, 0) is 80.5 Å². The number of carbonyl (C=O) groups is 1. The van der Waals surface area contributed by atoms with Gasteiger partial charge in [-0.3, -0.25) is 4.79 Å². The van der Waals surface area contributed by atoms with Gasteiger partial charge in [0.05, 0.1) is 31.3 Å².